The Labute approximate surface area is 267 Å². The summed E-state index contributed by atoms with van der Waals surface area (Å²) in [7, 11) is 8.80. The summed E-state index contributed by atoms with van der Waals surface area (Å²) in [4.78, 5) is 10.2. The van der Waals surface area contributed by atoms with Crippen LogP contribution >= 0.6 is 28.2 Å². The van der Waals surface area contributed by atoms with Gasteiger partial charge in [0.05, 0.1) is 18.2 Å². The van der Waals surface area contributed by atoms with E-state index in [1.54, 1.807) is 6.07 Å². The van der Waals surface area contributed by atoms with Crippen molar-refractivity contribution in [2.45, 2.75) is 51.6 Å². The molecular formula is C35H36Cl2CoN3P. The minimum absolute atomic E-state index is 0.228. The standard InChI is InChI=1S/C33H33N2P.C2H3N.2ClH.Co/c1-26-14-8-9-15-27(26)24-34-31-21-11-12-22-32(31)35-25-28-16-10-13-23-33(28)36(29-17-4-2-5-18-29)30-19-6-3-7-20-30;1-2-3;;;/h2-10,13-20,23-25,31-32H,11-12,21-22H2,1H3;1H3;2*1H;/q;;;;+2/p-2. The number of hydrogen-bond acceptors (Lipinski definition) is 3. The molecule has 2 atom stereocenters. The minimum atomic E-state index is -0.668. The van der Waals surface area contributed by atoms with Crippen LogP contribution in [-0.2, 0) is 12.9 Å². The molecule has 0 spiro atoms. The molecule has 0 saturated heterocycles. The molecule has 0 radical (unpaired) electrons. The molecule has 3 nitrogen and oxygen atoms in total. The van der Waals surface area contributed by atoms with Gasteiger partial charge in [-0.1, -0.05) is 122 Å². The molecule has 1 fully saturated rings. The fourth-order valence-corrected chi connectivity index (χ4v) is 7.33. The molecule has 0 heterocycles. The Kier molecular flexibility index (Phi) is 15.6. The summed E-state index contributed by atoms with van der Waals surface area (Å²) < 4.78 is 0. The Bertz CT molecular complexity index is 1400. The third-order valence-corrected chi connectivity index (χ3v) is 9.42. The number of rotatable bonds is 7. The number of aliphatic imine (C=N–C) groups is 2. The first-order chi connectivity index (χ1) is 20.6. The van der Waals surface area contributed by atoms with Crippen LogP contribution in [0.1, 0.15) is 49.3 Å². The van der Waals surface area contributed by atoms with Crippen LogP contribution < -0.4 is 15.9 Å². The van der Waals surface area contributed by atoms with Gasteiger partial charge in [-0.15, -0.1) is 0 Å². The van der Waals surface area contributed by atoms with Gasteiger partial charge in [-0.25, -0.2) is 0 Å². The maximum absolute atomic E-state index is 7.32. The molecule has 219 valence electrons. The Morgan fingerprint density at radius 2 is 1.12 bits per heavy atom. The predicted molar refractivity (Wildman–Crippen MR) is 181 cm³/mol. The van der Waals surface area contributed by atoms with Gasteiger partial charge < -0.3 is 0 Å². The molecule has 2 unspecified atom stereocenters. The molecule has 1 aliphatic carbocycles. The predicted octanol–water partition coefficient (Wildman–Crippen LogP) is 8.51. The Morgan fingerprint density at radius 1 is 0.714 bits per heavy atom. The van der Waals surface area contributed by atoms with E-state index < -0.39 is 7.92 Å². The van der Waals surface area contributed by atoms with Crippen LogP contribution in [0.15, 0.2) is 119 Å². The number of hydrogen-bond donors (Lipinski definition) is 0. The normalized spacial score (nSPS) is 16.4. The van der Waals surface area contributed by atoms with E-state index in [4.69, 9.17) is 35.5 Å². The van der Waals surface area contributed by atoms with Gasteiger partial charge in [-0.3, -0.25) is 9.98 Å². The first-order valence-corrected chi connectivity index (χ1v) is 18.1. The van der Waals surface area contributed by atoms with Crippen molar-refractivity contribution in [3.05, 3.63) is 126 Å². The van der Waals surface area contributed by atoms with Crippen LogP contribution in [0.25, 0.3) is 0 Å². The van der Waals surface area contributed by atoms with E-state index in [1.807, 2.05) is 0 Å². The number of aryl methyl sites for hydroxylation is 1. The van der Waals surface area contributed by atoms with Crippen molar-refractivity contribution in [1.82, 2.24) is 0 Å². The van der Waals surface area contributed by atoms with Crippen LogP contribution in [0.2, 0.25) is 0 Å². The summed E-state index contributed by atoms with van der Waals surface area (Å²) in [6.45, 7) is 3.58. The van der Waals surface area contributed by atoms with Gasteiger partial charge in [0, 0.05) is 24.9 Å². The van der Waals surface area contributed by atoms with Crippen molar-refractivity contribution >= 4 is 56.6 Å². The van der Waals surface area contributed by atoms with Crippen molar-refractivity contribution in [2.75, 3.05) is 0 Å². The zero-order valence-electron chi connectivity index (χ0n) is 23.9. The average molecular weight is 660 g/mol. The number of nitriles is 1. The number of benzene rings is 4. The summed E-state index contributed by atoms with van der Waals surface area (Å²) >= 11 is 0.382. The van der Waals surface area contributed by atoms with Crippen molar-refractivity contribution < 1.29 is 12.9 Å². The summed E-state index contributed by atoms with van der Waals surface area (Å²) in [5.41, 5.74) is 3.68. The monoisotopic (exact) mass is 658 g/mol. The SMILES string of the molecule is CC#N.Cc1ccccc1C=NC1CCCCC1N=Cc1ccccc1P(c1ccccc1)c1ccccc1.[Cl][Co][Cl]. The van der Waals surface area contributed by atoms with E-state index in [-0.39, 0.29) is 12.1 Å². The van der Waals surface area contributed by atoms with Gasteiger partial charge in [0.1, 0.15) is 0 Å². The molecule has 0 N–H and O–H groups in total. The molecule has 4 aromatic rings. The van der Waals surface area contributed by atoms with Gasteiger partial charge >= 0.3 is 33.2 Å². The van der Waals surface area contributed by atoms with Crippen LogP contribution in [-0.4, -0.2) is 24.5 Å². The van der Waals surface area contributed by atoms with E-state index in [9.17, 15) is 0 Å². The van der Waals surface area contributed by atoms with Crippen LogP contribution in [0.5, 0.6) is 0 Å². The number of nitrogens with zero attached hydrogens (tertiary/aromatic N) is 3. The first kappa shape index (κ1) is 33.7. The van der Waals surface area contributed by atoms with Crippen molar-refractivity contribution in [1.29, 1.82) is 5.26 Å². The van der Waals surface area contributed by atoms with E-state index in [2.05, 4.69) is 129 Å². The Balaban J connectivity index is 0.000000745. The fourth-order valence-electron chi connectivity index (χ4n) is 4.90. The molecular weight excluding hydrogens is 623 g/mol. The summed E-state index contributed by atoms with van der Waals surface area (Å²) in [5.74, 6) is 0. The third kappa shape index (κ3) is 10.5. The van der Waals surface area contributed by atoms with Gasteiger partial charge in [0.25, 0.3) is 0 Å². The van der Waals surface area contributed by atoms with Gasteiger partial charge in [0.2, 0.25) is 0 Å². The molecule has 0 aliphatic heterocycles. The second-order valence-electron chi connectivity index (χ2n) is 9.67. The zero-order chi connectivity index (χ0) is 30.0. The Morgan fingerprint density at radius 3 is 1.62 bits per heavy atom. The molecule has 7 heteroatoms. The molecule has 42 heavy (non-hydrogen) atoms. The molecule has 4 aromatic carbocycles. The zero-order valence-corrected chi connectivity index (χ0v) is 27.4. The van der Waals surface area contributed by atoms with Crippen LogP contribution in [0.3, 0.4) is 0 Å². The van der Waals surface area contributed by atoms with Crippen molar-refractivity contribution in [3.8, 4) is 6.07 Å². The topological polar surface area (TPSA) is 48.5 Å². The van der Waals surface area contributed by atoms with Gasteiger partial charge in [0.15, 0.2) is 0 Å². The molecule has 0 amide bonds. The fraction of sp³-hybridized carbons (Fsp3) is 0.229. The molecule has 0 bridgehead atoms. The maximum atomic E-state index is 7.32. The molecule has 1 saturated carbocycles. The average Bonchev–Trinajstić information content (AvgIpc) is 3.03. The van der Waals surface area contributed by atoms with Crippen LogP contribution in [0.4, 0.5) is 0 Å². The van der Waals surface area contributed by atoms with Gasteiger partial charge in [-0.05, 0) is 54.7 Å². The van der Waals surface area contributed by atoms with Gasteiger partial charge in [-0.2, -0.15) is 5.26 Å². The second kappa shape index (κ2) is 19.4. The van der Waals surface area contributed by atoms with Crippen molar-refractivity contribution in [3.63, 3.8) is 0 Å². The second-order valence-corrected chi connectivity index (χ2v) is 13.6. The molecule has 5 rings (SSSR count). The molecule has 1 aliphatic rings. The summed E-state index contributed by atoms with van der Waals surface area (Å²) in [6, 6.07) is 41.2. The summed E-state index contributed by atoms with van der Waals surface area (Å²) in [5, 5.41) is 11.4. The quantitative estimate of drug-likeness (QED) is 0.145. The Hall–Kier alpha value is -2.77. The summed E-state index contributed by atoms with van der Waals surface area (Å²) in [6.07, 6.45) is 8.84. The van der Waals surface area contributed by atoms with Crippen molar-refractivity contribution in [2.24, 2.45) is 9.98 Å². The van der Waals surface area contributed by atoms with E-state index >= 15 is 0 Å². The van der Waals surface area contributed by atoms with E-state index in [0.717, 1.165) is 12.8 Å². The third-order valence-electron chi connectivity index (χ3n) is 6.90. The van der Waals surface area contributed by atoms with Crippen LogP contribution in [0, 0.1) is 18.3 Å². The number of halogens is 2. The molecule has 0 aromatic heterocycles. The van der Waals surface area contributed by atoms with E-state index in [0.29, 0.717) is 12.9 Å². The van der Waals surface area contributed by atoms with E-state index in [1.165, 1.54) is 52.4 Å². The first-order valence-electron chi connectivity index (χ1n) is 13.9.